The third-order valence-electron chi connectivity index (χ3n) is 4.77. The lowest BCUT2D eigenvalue weighted by molar-refractivity contribution is -0.129. The van der Waals surface area contributed by atoms with E-state index < -0.39 is 0 Å². The molecule has 104 valence electrons. The van der Waals surface area contributed by atoms with Gasteiger partial charge in [0.05, 0.1) is 12.1 Å². The summed E-state index contributed by atoms with van der Waals surface area (Å²) in [5.74, 6) is 0.707. The van der Waals surface area contributed by atoms with E-state index in [0.29, 0.717) is 12.3 Å². The van der Waals surface area contributed by atoms with Gasteiger partial charge in [0.25, 0.3) is 0 Å². The highest BCUT2D eigenvalue weighted by atomic mass is 16.2. The molecule has 2 fully saturated rings. The lowest BCUT2D eigenvalue weighted by Gasteiger charge is -2.39. The summed E-state index contributed by atoms with van der Waals surface area (Å²) in [7, 11) is 1.90. The topological polar surface area (TPSA) is 64.2 Å². The number of hydrogen-bond acceptors (Lipinski definition) is 3. The zero-order chi connectivity index (χ0) is 13.6. The van der Waals surface area contributed by atoms with E-state index in [-0.39, 0.29) is 11.4 Å². The summed E-state index contributed by atoms with van der Waals surface area (Å²) in [4.78, 5) is 14.3. The van der Waals surface area contributed by atoms with Crippen LogP contribution in [0.3, 0.4) is 0 Å². The molecule has 2 heterocycles. The van der Waals surface area contributed by atoms with Crippen molar-refractivity contribution in [2.45, 2.75) is 38.1 Å². The van der Waals surface area contributed by atoms with Gasteiger partial charge in [-0.25, -0.2) is 0 Å². The molecule has 5 nitrogen and oxygen atoms in total. The molecule has 2 N–H and O–H groups in total. The molecule has 3 rings (SSSR count). The van der Waals surface area contributed by atoms with Gasteiger partial charge in [0, 0.05) is 31.4 Å². The fourth-order valence-electron chi connectivity index (χ4n) is 3.25. The Balaban J connectivity index is 1.67. The number of nitrogens with zero attached hydrogens (tertiary/aromatic N) is 3. The van der Waals surface area contributed by atoms with E-state index in [2.05, 4.69) is 12.0 Å². The van der Waals surface area contributed by atoms with Gasteiger partial charge in [0.15, 0.2) is 0 Å². The first-order valence-corrected chi connectivity index (χ1v) is 7.10. The van der Waals surface area contributed by atoms with E-state index in [0.717, 1.165) is 37.3 Å². The maximum Gasteiger partial charge on any atom is 0.228 e. The van der Waals surface area contributed by atoms with Crippen molar-refractivity contribution in [3.8, 4) is 0 Å². The third kappa shape index (κ3) is 2.06. The van der Waals surface area contributed by atoms with E-state index in [1.54, 1.807) is 0 Å². The number of amides is 1. The normalized spacial score (nSPS) is 29.2. The first-order valence-electron chi connectivity index (χ1n) is 7.10. The number of rotatable bonds is 3. The Morgan fingerprint density at radius 2 is 2.42 bits per heavy atom. The predicted molar refractivity (Wildman–Crippen MR) is 72.5 cm³/mol. The molecule has 1 aromatic heterocycles. The molecule has 1 aromatic rings. The molecule has 0 aromatic carbocycles. The van der Waals surface area contributed by atoms with Crippen LogP contribution in [0.1, 0.15) is 31.2 Å². The summed E-state index contributed by atoms with van der Waals surface area (Å²) in [6, 6.07) is 2.03. The molecule has 1 aliphatic heterocycles. The Hall–Kier alpha value is -1.36. The van der Waals surface area contributed by atoms with Crippen LogP contribution in [-0.2, 0) is 24.7 Å². The van der Waals surface area contributed by atoms with Crippen molar-refractivity contribution in [1.82, 2.24) is 14.7 Å². The van der Waals surface area contributed by atoms with Gasteiger partial charge in [-0.15, -0.1) is 0 Å². The van der Waals surface area contributed by atoms with Crippen LogP contribution in [-0.4, -0.2) is 39.2 Å². The molecule has 1 amide bonds. The molecule has 0 radical (unpaired) electrons. The molecule has 1 saturated carbocycles. The third-order valence-corrected chi connectivity index (χ3v) is 4.77. The smallest absolute Gasteiger partial charge is 0.228 e. The lowest BCUT2D eigenvalue weighted by atomic mass is 9.70. The number of aryl methyl sites for hydroxylation is 2. The van der Waals surface area contributed by atoms with Crippen molar-refractivity contribution < 1.29 is 4.79 Å². The summed E-state index contributed by atoms with van der Waals surface area (Å²) in [5, 5.41) is 4.39. The SMILES string of the molecule is CCc1cc(CC(=O)N2C[C@@H]3CC[C@]3(N)C2)n(C)n1. The van der Waals surface area contributed by atoms with Gasteiger partial charge < -0.3 is 10.6 Å². The Kier molecular flexibility index (Phi) is 2.89. The van der Waals surface area contributed by atoms with E-state index in [4.69, 9.17) is 5.73 Å². The van der Waals surface area contributed by atoms with Crippen LogP contribution >= 0.6 is 0 Å². The van der Waals surface area contributed by atoms with Crippen LogP contribution in [0.2, 0.25) is 0 Å². The van der Waals surface area contributed by atoms with Gasteiger partial charge in [-0.05, 0) is 31.2 Å². The molecular weight excluding hydrogens is 240 g/mol. The standard InChI is InChI=1S/C14H22N4O/c1-3-11-6-12(17(2)16-11)7-13(19)18-8-10-4-5-14(10,15)9-18/h6,10H,3-5,7-9,15H2,1-2H3/t10-,14-/m0/s1. The van der Waals surface area contributed by atoms with Crippen molar-refractivity contribution in [2.24, 2.45) is 18.7 Å². The second kappa shape index (κ2) is 4.34. The van der Waals surface area contributed by atoms with E-state index in [9.17, 15) is 4.79 Å². The minimum absolute atomic E-state index is 0.0866. The molecule has 5 heteroatoms. The van der Waals surface area contributed by atoms with Crippen molar-refractivity contribution in [2.75, 3.05) is 13.1 Å². The van der Waals surface area contributed by atoms with Gasteiger partial charge in [0.1, 0.15) is 0 Å². The molecule has 2 atom stereocenters. The van der Waals surface area contributed by atoms with Crippen LogP contribution in [0, 0.1) is 5.92 Å². The van der Waals surface area contributed by atoms with E-state index in [1.807, 2.05) is 22.7 Å². The van der Waals surface area contributed by atoms with Crippen molar-refractivity contribution >= 4 is 5.91 Å². The number of carbonyl (C=O) groups excluding carboxylic acids is 1. The summed E-state index contributed by atoms with van der Waals surface area (Å²) in [6.07, 6.45) is 3.57. The second-order valence-corrected chi connectivity index (χ2v) is 6.02. The molecule has 19 heavy (non-hydrogen) atoms. The number of aromatic nitrogens is 2. The van der Waals surface area contributed by atoms with Gasteiger partial charge in [0.2, 0.25) is 5.91 Å². The molecule has 0 spiro atoms. The number of fused-ring (bicyclic) bond motifs is 1. The van der Waals surface area contributed by atoms with Crippen LogP contribution in [0.25, 0.3) is 0 Å². The first kappa shape index (κ1) is 12.7. The molecule has 2 aliphatic rings. The molecular formula is C14H22N4O. The summed E-state index contributed by atoms with van der Waals surface area (Å²) in [6.45, 7) is 3.65. The fourth-order valence-corrected chi connectivity index (χ4v) is 3.25. The lowest BCUT2D eigenvalue weighted by Crippen LogP contribution is -2.54. The van der Waals surface area contributed by atoms with Crippen molar-refractivity contribution in [1.29, 1.82) is 0 Å². The quantitative estimate of drug-likeness (QED) is 0.861. The van der Waals surface area contributed by atoms with Gasteiger partial charge in [-0.3, -0.25) is 9.48 Å². The summed E-state index contributed by atoms with van der Waals surface area (Å²) >= 11 is 0. The van der Waals surface area contributed by atoms with Crippen LogP contribution in [0.15, 0.2) is 6.07 Å². The minimum Gasteiger partial charge on any atom is -0.340 e. The zero-order valence-corrected chi connectivity index (χ0v) is 11.7. The second-order valence-electron chi connectivity index (χ2n) is 6.02. The number of likely N-dealkylation sites (tertiary alicyclic amines) is 1. The first-order chi connectivity index (χ1) is 9.01. The largest absolute Gasteiger partial charge is 0.340 e. The monoisotopic (exact) mass is 262 g/mol. The van der Waals surface area contributed by atoms with Crippen molar-refractivity contribution in [3.63, 3.8) is 0 Å². The molecule has 1 saturated heterocycles. The van der Waals surface area contributed by atoms with Gasteiger partial charge in [-0.2, -0.15) is 5.10 Å². The van der Waals surface area contributed by atoms with Gasteiger partial charge in [-0.1, -0.05) is 6.92 Å². The Bertz CT molecular complexity index is 510. The van der Waals surface area contributed by atoms with Crippen molar-refractivity contribution in [3.05, 3.63) is 17.5 Å². The number of carbonyl (C=O) groups is 1. The highest BCUT2D eigenvalue weighted by Gasteiger charge is 2.51. The zero-order valence-electron chi connectivity index (χ0n) is 11.7. The number of hydrogen-bond donors (Lipinski definition) is 1. The Morgan fingerprint density at radius 1 is 1.63 bits per heavy atom. The van der Waals surface area contributed by atoms with E-state index >= 15 is 0 Å². The maximum atomic E-state index is 12.4. The molecule has 1 aliphatic carbocycles. The highest BCUT2D eigenvalue weighted by Crippen LogP contribution is 2.42. The average molecular weight is 262 g/mol. The summed E-state index contributed by atoms with van der Waals surface area (Å²) < 4.78 is 1.82. The minimum atomic E-state index is -0.0866. The number of nitrogens with two attached hydrogens (primary N) is 1. The maximum absolute atomic E-state index is 12.4. The van der Waals surface area contributed by atoms with E-state index in [1.165, 1.54) is 6.42 Å². The van der Waals surface area contributed by atoms with Gasteiger partial charge >= 0.3 is 0 Å². The Morgan fingerprint density at radius 3 is 2.89 bits per heavy atom. The molecule has 0 unspecified atom stereocenters. The Labute approximate surface area is 113 Å². The predicted octanol–water partition coefficient (Wildman–Crippen LogP) is 0.475. The van der Waals surface area contributed by atoms with Crippen LogP contribution < -0.4 is 5.73 Å². The average Bonchev–Trinajstić information content (AvgIpc) is 2.83. The van der Waals surface area contributed by atoms with Crippen LogP contribution in [0.5, 0.6) is 0 Å². The fraction of sp³-hybridized carbons (Fsp3) is 0.714. The van der Waals surface area contributed by atoms with Crippen LogP contribution in [0.4, 0.5) is 0 Å². The highest BCUT2D eigenvalue weighted by molar-refractivity contribution is 5.79. The summed E-state index contributed by atoms with van der Waals surface area (Å²) in [5.41, 5.74) is 8.22. The molecule has 0 bridgehead atoms.